The summed E-state index contributed by atoms with van der Waals surface area (Å²) in [4.78, 5) is 40.6. The zero-order chi connectivity index (χ0) is 19.1. The molecule has 0 spiro atoms. The molecule has 2 unspecified atom stereocenters. The summed E-state index contributed by atoms with van der Waals surface area (Å²) in [6.07, 6.45) is 4.88. The number of hydrogen-bond acceptors (Lipinski definition) is 3. The molecule has 1 aliphatic heterocycles. The van der Waals surface area contributed by atoms with Gasteiger partial charge in [0.15, 0.2) is 0 Å². The van der Waals surface area contributed by atoms with Gasteiger partial charge in [-0.1, -0.05) is 18.9 Å². The largest absolute Gasteiger partial charge is 0.334 e. The van der Waals surface area contributed by atoms with E-state index in [1.54, 1.807) is 0 Å². The molecule has 0 radical (unpaired) electrons. The smallest absolute Gasteiger partial charge is 0.243 e. The molecule has 0 bridgehead atoms. The van der Waals surface area contributed by atoms with E-state index in [0.29, 0.717) is 12.8 Å². The number of rotatable bonds is 5. The second-order valence-electron chi connectivity index (χ2n) is 7.75. The van der Waals surface area contributed by atoms with Crippen molar-refractivity contribution >= 4 is 17.7 Å². The number of halogens is 2. The summed E-state index contributed by atoms with van der Waals surface area (Å²) >= 11 is 0. The van der Waals surface area contributed by atoms with Gasteiger partial charge in [-0.25, -0.2) is 8.78 Å². The van der Waals surface area contributed by atoms with E-state index in [2.05, 4.69) is 0 Å². The van der Waals surface area contributed by atoms with Gasteiger partial charge < -0.3 is 4.90 Å². The lowest BCUT2D eigenvalue weighted by atomic mass is 9.81. The van der Waals surface area contributed by atoms with Gasteiger partial charge in [0.05, 0.1) is 11.8 Å². The van der Waals surface area contributed by atoms with Crippen LogP contribution in [-0.2, 0) is 20.9 Å². The first-order valence-corrected chi connectivity index (χ1v) is 9.54. The monoisotopic (exact) mass is 376 g/mol. The highest BCUT2D eigenvalue weighted by molar-refractivity contribution is 6.07. The van der Waals surface area contributed by atoms with Crippen LogP contribution in [0, 0.1) is 23.5 Å². The van der Waals surface area contributed by atoms with Gasteiger partial charge in [-0.2, -0.15) is 0 Å². The van der Waals surface area contributed by atoms with Crippen molar-refractivity contribution in [3.05, 3.63) is 35.4 Å². The maximum atomic E-state index is 14.0. The predicted octanol–water partition coefficient (Wildman–Crippen LogP) is 2.63. The Hall–Kier alpha value is -2.31. The molecule has 1 aromatic carbocycles. The summed E-state index contributed by atoms with van der Waals surface area (Å²) in [7, 11) is 0. The minimum atomic E-state index is -0.701. The van der Waals surface area contributed by atoms with Gasteiger partial charge in [0.1, 0.15) is 18.2 Å². The van der Waals surface area contributed by atoms with E-state index >= 15 is 0 Å². The van der Waals surface area contributed by atoms with E-state index in [9.17, 15) is 23.2 Å². The molecule has 0 N–H and O–H groups in total. The quantitative estimate of drug-likeness (QED) is 0.743. The Balaban J connectivity index is 1.48. The van der Waals surface area contributed by atoms with E-state index in [4.69, 9.17) is 0 Å². The van der Waals surface area contributed by atoms with E-state index in [1.165, 1.54) is 11.0 Å². The third-order valence-electron chi connectivity index (χ3n) is 5.89. The topological polar surface area (TPSA) is 57.7 Å². The Morgan fingerprint density at radius 3 is 2.22 bits per heavy atom. The fraction of sp³-hybridized carbons (Fsp3) is 0.550. The van der Waals surface area contributed by atoms with Crippen molar-refractivity contribution in [1.29, 1.82) is 0 Å². The SMILES string of the molecule is O=C1C2CCCCC2C(=O)N1CC(=O)N(Cc1ccc(F)cc1F)C1CC1. The molecule has 1 aromatic rings. The Labute approximate surface area is 156 Å². The van der Waals surface area contributed by atoms with Crippen LogP contribution in [0.5, 0.6) is 0 Å². The molecule has 1 heterocycles. The normalized spacial score (nSPS) is 24.9. The van der Waals surface area contributed by atoms with Crippen molar-refractivity contribution in [2.24, 2.45) is 11.8 Å². The fourth-order valence-corrected chi connectivity index (χ4v) is 4.25. The van der Waals surface area contributed by atoms with Crippen molar-refractivity contribution in [3.8, 4) is 0 Å². The zero-order valence-corrected chi connectivity index (χ0v) is 15.0. The molecule has 0 aromatic heterocycles. The van der Waals surface area contributed by atoms with Crippen LogP contribution in [0.4, 0.5) is 8.78 Å². The van der Waals surface area contributed by atoms with Crippen molar-refractivity contribution in [2.45, 2.75) is 51.1 Å². The predicted molar refractivity (Wildman–Crippen MR) is 92.1 cm³/mol. The summed E-state index contributed by atoms with van der Waals surface area (Å²) < 4.78 is 27.1. The number of likely N-dealkylation sites (tertiary alicyclic amines) is 1. The van der Waals surface area contributed by atoms with E-state index < -0.39 is 11.6 Å². The number of imide groups is 1. The number of carbonyl (C=O) groups is 3. The molecule has 5 nitrogen and oxygen atoms in total. The minimum absolute atomic E-state index is 0.0126. The average molecular weight is 376 g/mol. The Morgan fingerprint density at radius 1 is 1.04 bits per heavy atom. The zero-order valence-electron chi connectivity index (χ0n) is 15.0. The van der Waals surface area contributed by atoms with Crippen molar-refractivity contribution in [3.63, 3.8) is 0 Å². The Bertz CT molecular complexity index is 769. The second-order valence-corrected chi connectivity index (χ2v) is 7.75. The van der Waals surface area contributed by atoms with E-state index in [1.807, 2.05) is 0 Å². The number of carbonyl (C=O) groups excluding carboxylic acids is 3. The summed E-state index contributed by atoms with van der Waals surface area (Å²) in [5, 5.41) is 0. The van der Waals surface area contributed by atoms with Crippen LogP contribution in [0.1, 0.15) is 44.1 Å². The van der Waals surface area contributed by atoms with Crippen molar-refractivity contribution in [2.75, 3.05) is 6.54 Å². The maximum Gasteiger partial charge on any atom is 0.243 e. The lowest BCUT2D eigenvalue weighted by Gasteiger charge is -2.25. The highest BCUT2D eigenvalue weighted by atomic mass is 19.1. The molecule has 3 amide bonds. The van der Waals surface area contributed by atoms with E-state index in [0.717, 1.165) is 42.7 Å². The third kappa shape index (κ3) is 3.47. The van der Waals surface area contributed by atoms with Gasteiger partial charge in [0, 0.05) is 24.2 Å². The van der Waals surface area contributed by atoms with Crippen LogP contribution in [0.25, 0.3) is 0 Å². The van der Waals surface area contributed by atoms with Gasteiger partial charge >= 0.3 is 0 Å². The number of nitrogens with zero attached hydrogens (tertiary/aromatic N) is 2. The van der Waals surface area contributed by atoms with Crippen molar-refractivity contribution in [1.82, 2.24) is 9.80 Å². The number of amides is 3. The van der Waals surface area contributed by atoms with Gasteiger partial charge in [-0.05, 0) is 31.7 Å². The van der Waals surface area contributed by atoms with E-state index in [-0.39, 0.29) is 54.3 Å². The lowest BCUT2D eigenvalue weighted by molar-refractivity contribution is -0.147. The molecule has 2 atom stereocenters. The average Bonchev–Trinajstić information content (AvgIpc) is 3.46. The summed E-state index contributed by atoms with van der Waals surface area (Å²) in [5.74, 6) is -2.81. The summed E-state index contributed by atoms with van der Waals surface area (Å²) in [6.45, 7) is -0.275. The van der Waals surface area contributed by atoms with Gasteiger partial charge in [0.25, 0.3) is 0 Å². The molecule has 4 rings (SSSR count). The minimum Gasteiger partial charge on any atom is -0.334 e. The van der Waals surface area contributed by atoms with Crippen LogP contribution < -0.4 is 0 Å². The summed E-state index contributed by atoms with van der Waals surface area (Å²) in [6, 6.07) is 3.26. The molecule has 2 saturated carbocycles. The van der Waals surface area contributed by atoms with Gasteiger partial charge in [0.2, 0.25) is 17.7 Å². The van der Waals surface area contributed by atoms with Gasteiger partial charge in [-0.15, -0.1) is 0 Å². The Kier molecular flexibility index (Phi) is 4.70. The second kappa shape index (κ2) is 7.02. The first-order valence-electron chi connectivity index (χ1n) is 9.54. The van der Waals surface area contributed by atoms with Crippen LogP contribution in [0.15, 0.2) is 18.2 Å². The van der Waals surface area contributed by atoms with Gasteiger partial charge in [-0.3, -0.25) is 19.3 Å². The lowest BCUT2D eigenvalue weighted by Crippen LogP contribution is -2.44. The Morgan fingerprint density at radius 2 is 1.67 bits per heavy atom. The molecule has 7 heteroatoms. The molecule has 2 aliphatic carbocycles. The van der Waals surface area contributed by atoms with Crippen LogP contribution in [0.3, 0.4) is 0 Å². The molecule has 1 saturated heterocycles. The van der Waals surface area contributed by atoms with Crippen LogP contribution >= 0.6 is 0 Å². The standard InChI is InChI=1S/C20H22F2N2O3/c21-13-6-5-12(17(22)9-13)10-23(14-7-8-14)18(25)11-24-19(26)15-3-1-2-4-16(15)20(24)27/h5-6,9,14-16H,1-4,7-8,10-11H2. The van der Waals surface area contributed by atoms with Crippen molar-refractivity contribution < 1.29 is 23.2 Å². The third-order valence-corrected chi connectivity index (χ3v) is 5.89. The maximum absolute atomic E-state index is 14.0. The first kappa shape index (κ1) is 18.1. The number of hydrogen-bond donors (Lipinski definition) is 0. The molecule has 3 fully saturated rings. The number of fused-ring (bicyclic) bond motifs is 1. The van der Waals surface area contributed by atoms with Crippen LogP contribution in [-0.4, -0.2) is 40.1 Å². The highest BCUT2D eigenvalue weighted by Gasteiger charge is 2.49. The number of benzene rings is 1. The molecule has 3 aliphatic rings. The fourth-order valence-electron chi connectivity index (χ4n) is 4.25. The molecule has 27 heavy (non-hydrogen) atoms. The molecule has 144 valence electrons. The summed E-state index contributed by atoms with van der Waals surface area (Å²) in [5.41, 5.74) is 0.226. The highest BCUT2D eigenvalue weighted by Crippen LogP contribution is 2.38. The molecular weight excluding hydrogens is 354 g/mol. The molecular formula is C20H22F2N2O3. The first-order chi connectivity index (χ1) is 13.0. The van der Waals surface area contributed by atoms with Crippen LogP contribution in [0.2, 0.25) is 0 Å².